The summed E-state index contributed by atoms with van der Waals surface area (Å²) in [6.07, 6.45) is 15.4. The topological polar surface area (TPSA) is 44.8 Å². The van der Waals surface area contributed by atoms with E-state index in [1.54, 1.807) is 6.92 Å². The zero-order valence-electron chi connectivity index (χ0n) is 19.4. The molecule has 0 amide bonds. The molecule has 9 atom stereocenters. The minimum absolute atomic E-state index is 0.0523. The molecule has 0 N–H and O–H groups in total. The van der Waals surface area contributed by atoms with Gasteiger partial charge in [-0.05, 0) is 106 Å². The Balaban J connectivity index is 1.26. The summed E-state index contributed by atoms with van der Waals surface area (Å²) in [6, 6.07) is 0. The van der Waals surface area contributed by atoms with Crippen LogP contribution in [0, 0.1) is 34.5 Å². The van der Waals surface area contributed by atoms with Crippen LogP contribution in [0.4, 0.5) is 0 Å². The lowest BCUT2D eigenvalue weighted by atomic mass is 9.45. The summed E-state index contributed by atoms with van der Waals surface area (Å²) in [7, 11) is 0. The van der Waals surface area contributed by atoms with Crippen molar-refractivity contribution in [3.8, 4) is 0 Å². The van der Waals surface area contributed by atoms with Gasteiger partial charge >= 0.3 is 5.97 Å². The summed E-state index contributed by atoms with van der Waals surface area (Å²) >= 11 is 0. The van der Waals surface area contributed by atoms with Crippen LogP contribution >= 0.6 is 0 Å². The first-order chi connectivity index (χ1) is 14.4. The van der Waals surface area contributed by atoms with Crippen molar-refractivity contribution < 1.29 is 19.0 Å². The molecule has 5 rings (SSSR count). The van der Waals surface area contributed by atoms with E-state index in [4.69, 9.17) is 14.2 Å². The van der Waals surface area contributed by atoms with Gasteiger partial charge in [0.25, 0.3) is 0 Å². The van der Waals surface area contributed by atoms with Crippen LogP contribution in [-0.4, -0.2) is 31.1 Å². The Labute approximate surface area is 182 Å². The molecule has 5 aliphatic rings. The molecular formula is C26H42O4. The van der Waals surface area contributed by atoms with Crippen molar-refractivity contribution in [1.29, 1.82) is 0 Å². The van der Waals surface area contributed by atoms with E-state index < -0.39 is 0 Å². The molecule has 0 radical (unpaired) electrons. The van der Waals surface area contributed by atoms with E-state index >= 15 is 0 Å². The maximum Gasteiger partial charge on any atom is 0.302 e. The molecule has 0 bridgehead atoms. The number of hydrogen-bond acceptors (Lipinski definition) is 4. The van der Waals surface area contributed by atoms with Crippen molar-refractivity contribution in [2.45, 2.75) is 116 Å². The van der Waals surface area contributed by atoms with Gasteiger partial charge in [-0.2, -0.15) is 0 Å². The van der Waals surface area contributed by atoms with Gasteiger partial charge in [0.2, 0.25) is 0 Å². The van der Waals surface area contributed by atoms with Gasteiger partial charge in [0.15, 0.2) is 6.29 Å². The fraction of sp³-hybridized carbons (Fsp3) is 0.962. The van der Waals surface area contributed by atoms with Crippen LogP contribution in [-0.2, 0) is 19.0 Å². The van der Waals surface area contributed by atoms with Gasteiger partial charge in [-0.15, -0.1) is 0 Å². The zero-order chi connectivity index (χ0) is 20.9. The second-order valence-electron chi connectivity index (χ2n) is 11.7. The first-order valence-electron chi connectivity index (χ1n) is 12.8. The monoisotopic (exact) mass is 418 g/mol. The van der Waals surface area contributed by atoms with Crippen molar-refractivity contribution >= 4 is 5.97 Å². The SMILES string of the molecule is CC(=O)O[C@@H]1CC[C@@H]2[C@@H]3CC[C@@H]4C[C@H](O[C@@H]5CCCCO5)CC[C@]4(C)[C@H]3CC[C@@]21C. The summed E-state index contributed by atoms with van der Waals surface area (Å²) in [5.74, 6) is 3.11. The smallest absolute Gasteiger partial charge is 0.302 e. The molecule has 4 heteroatoms. The van der Waals surface area contributed by atoms with E-state index in [1.807, 2.05) is 0 Å². The van der Waals surface area contributed by atoms with Crippen molar-refractivity contribution in [2.75, 3.05) is 6.61 Å². The molecule has 0 spiro atoms. The number of ether oxygens (including phenoxy) is 3. The summed E-state index contributed by atoms with van der Waals surface area (Å²) in [4.78, 5) is 11.7. The Morgan fingerprint density at radius 1 is 0.900 bits per heavy atom. The molecule has 5 fully saturated rings. The lowest BCUT2D eigenvalue weighted by Crippen LogP contribution is -2.55. The molecule has 30 heavy (non-hydrogen) atoms. The fourth-order valence-corrected chi connectivity index (χ4v) is 8.72. The van der Waals surface area contributed by atoms with Gasteiger partial charge in [-0.1, -0.05) is 13.8 Å². The van der Waals surface area contributed by atoms with E-state index in [0.29, 0.717) is 11.5 Å². The summed E-state index contributed by atoms with van der Waals surface area (Å²) in [5.41, 5.74) is 0.672. The highest BCUT2D eigenvalue weighted by atomic mass is 16.7. The van der Waals surface area contributed by atoms with E-state index in [1.165, 1.54) is 64.2 Å². The number of rotatable bonds is 3. The van der Waals surface area contributed by atoms with Crippen LogP contribution in [0.2, 0.25) is 0 Å². The van der Waals surface area contributed by atoms with Crippen LogP contribution in [0.25, 0.3) is 0 Å². The normalized spacial score (nSPS) is 50.8. The average molecular weight is 419 g/mol. The Morgan fingerprint density at radius 2 is 1.70 bits per heavy atom. The predicted molar refractivity (Wildman–Crippen MR) is 116 cm³/mol. The molecule has 4 nitrogen and oxygen atoms in total. The first-order valence-corrected chi connectivity index (χ1v) is 12.8. The molecule has 0 unspecified atom stereocenters. The maximum atomic E-state index is 11.7. The van der Waals surface area contributed by atoms with E-state index in [0.717, 1.165) is 43.1 Å². The highest BCUT2D eigenvalue weighted by Gasteiger charge is 2.61. The summed E-state index contributed by atoms with van der Waals surface area (Å²) in [5, 5.41) is 0. The first kappa shape index (κ1) is 21.2. The van der Waals surface area contributed by atoms with Crippen molar-refractivity contribution in [3.05, 3.63) is 0 Å². The average Bonchev–Trinajstić information content (AvgIpc) is 3.05. The van der Waals surface area contributed by atoms with Gasteiger partial charge < -0.3 is 14.2 Å². The van der Waals surface area contributed by atoms with Crippen molar-refractivity contribution in [2.24, 2.45) is 34.5 Å². The third-order valence-corrected chi connectivity index (χ3v) is 10.3. The fourth-order valence-electron chi connectivity index (χ4n) is 8.72. The molecule has 4 saturated carbocycles. The minimum Gasteiger partial charge on any atom is -0.462 e. The lowest BCUT2D eigenvalue weighted by molar-refractivity contribution is -0.212. The largest absolute Gasteiger partial charge is 0.462 e. The van der Waals surface area contributed by atoms with Gasteiger partial charge in [-0.25, -0.2) is 0 Å². The molecule has 1 saturated heterocycles. The van der Waals surface area contributed by atoms with Crippen molar-refractivity contribution in [3.63, 3.8) is 0 Å². The Kier molecular flexibility index (Phi) is 5.71. The Bertz CT molecular complexity index is 643. The van der Waals surface area contributed by atoms with Gasteiger partial charge in [-0.3, -0.25) is 4.79 Å². The lowest BCUT2D eigenvalue weighted by Gasteiger charge is -2.61. The van der Waals surface area contributed by atoms with Gasteiger partial charge in [0.1, 0.15) is 6.10 Å². The molecule has 0 aromatic heterocycles. The number of carbonyl (C=O) groups excluding carboxylic acids is 1. The van der Waals surface area contributed by atoms with Crippen molar-refractivity contribution in [1.82, 2.24) is 0 Å². The van der Waals surface area contributed by atoms with Crippen LogP contribution in [0.3, 0.4) is 0 Å². The zero-order valence-corrected chi connectivity index (χ0v) is 19.4. The minimum atomic E-state index is -0.0973. The van der Waals surface area contributed by atoms with Gasteiger partial charge in [0, 0.05) is 18.9 Å². The number of hydrogen-bond donors (Lipinski definition) is 0. The highest BCUT2D eigenvalue weighted by molar-refractivity contribution is 5.66. The quantitative estimate of drug-likeness (QED) is 0.424. The molecular weight excluding hydrogens is 376 g/mol. The molecule has 0 aromatic carbocycles. The highest BCUT2D eigenvalue weighted by Crippen LogP contribution is 2.66. The standard InChI is InChI=1S/C26H42O4/c1-17(27)29-23-10-9-21-20-8-7-18-16-19(30-24-6-4-5-15-28-24)11-13-25(18,2)22(20)12-14-26(21,23)3/h18-24H,4-16H2,1-3H3/t18-,19-,20+,21-,22+,23-,24-,25+,26+/m1/s1. The van der Waals surface area contributed by atoms with Gasteiger partial charge in [0.05, 0.1) is 6.10 Å². The van der Waals surface area contributed by atoms with E-state index in [9.17, 15) is 4.79 Å². The second kappa shape index (κ2) is 8.06. The predicted octanol–water partition coefficient (Wildman–Crippen LogP) is 5.87. The van der Waals surface area contributed by atoms with Crippen LogP contribution in [0.5, 0.6) is 0 Å². The molecule has 0 aromatic rings. The molecule has 170 valence electrons. The third kappa shape index (κ3) is 3.54. The van der Waals surface area contributed by atoms with Crippen LogP contribution < -0.4 is 0 Å². The van der Waals surface area contributed by atoms with Crippen LogP contribution in [0.1, 0.15) is 97.8 Å². The van der Waals surface area contributed by atoms with E-state index in [-0.39, 0.29) is 23.8 Å². The molecule has 4 aliphatic carbocycles. The van der Waals surface area contributed by atoms with Crippen LogP contribution in [0.15, 0.2) is 0 Å². The number of esters is 1. The number of fused-ring (bicyclic) bond motifs is 5. The Hall–Kier alpha value is -0.610. The summed E-state index contributed by atoms with van der Waals surface area (Å²) in [6.45, 7) is 7.49. The molecule has 1 heterocycles. The second-order valence-corrected chi connectivity index (χ2v) is 11.7. The third-order valence-electron chi connectivity index (χ3n) is 10.3. The number of carbonyl (C=O) groups is 1. The van der Waals surface area contributed by atoms with E-state index in [2.05, 4.69) is 13.8 Å². The molecule has 1 aliphatic heterocycles. The summed E-state index contributed by atoms with van der Waals surface area (Å²) < 4.78 is 18.1. The maximum absolute atomic E-state index is 11.7. The Morgan fingerprint density at radius 3 is 2.47 bits per heavy atom.